The van der Waals surface area contributed by atoms with Crippen molar-refractivity contribution in [1.82, 2.24) is 0 Å². The third-order valence-corrected chi connectivity index (χ3v) is 2.10. The van der Waals surface area contributed by atoms with Crippen molar-refractivity contribution in [2.75, 3.05) is 0 Å². The van der Waals surface area contributed by atoms with E-state index in [0.29, 0.717) is 0 Å². The Bertz CT molecular complexity index is 169. The van der Waals surface area contributed by atoms with Gasteiger partial charge in [0.1, 0.15) is 0 Å². The van der Waals surface area contributed by atoms with E-state index in [-0.39, 0.29) is 60.0 Å². The van der Waals surface area contributed by atoms with E-state index < -0.39 is 0 Å². The fraction of sp³-hybridized carbons (Fsp3) is 0. The summed E-state index contributed by atoms with van der Waals surface area (Å²) in [5.74, 6) is 0. The molecule has 0 atom stereocenters. The molecule has 4 aliphatic rings. The first-order valence-corrected chi connectivity index (χ1v) is 6.90. The van der Waals surface area contributed by atoms with Crippen LogP contribution in [0.2, 0.25) is 0 Å². The van der Waals surface area contributed by atoms with E-state index in [1.165, 1.54) is 0 Å². The van der Waals surface area contributed by atoms with Crippen molar-refractivity contribution in [3.63, 3.8) is 0 Å². The quantitative estimate of drug-likeness (QED) is 0.210. The van der Waals surface area contributed by atoms with Crippen molar-refractivity contribution in [2.45, 2.75) is 0 Å². The van der Waals surface area contributed by atoms with Gasteiger partial charge in [0.15, 0.2) is 0 Å². The Morgan fingerprint density at radius 2 is 0.519 bits per heavy atom. The summed E-state index contributed by atoms with van der Waals surface area (Å²) >= 11 is 0. The van der Waals surface area contributed by atoms with Crippen molar-refractivity contribution in [3.05, 3.63) is 142 Å². The molecule has 4 saturated carbocycles. The van der Waals surface area contributed by atoms with Gasteiger partial charge in [-0.15, -0.1) is 0 Å². The fourth-order valence-electron chi connectivity index (χ4n) is 1.20. The van der Waals surface area contributed by atoms with Crippen LogP contribution in [-0.2, 0) is 69.3 Å². The molecule has 4 rings (SSSR count). The summed E-state index contributed by atoms with van der Waals surface area (Å²) in [5, 5.41) is 0. The molecule has 0 unspecified atom stereocenters. The summed E-state index contributed by atoms with van der Waals surface area (Å²) in [5.41, 5.74) is 0. The molecule has 0 N–H and O–H groups in total. The molecule has 20 radical (unpaired) electrons. The van der Waals surface area contributed by atoms with Crippen LogP contribution in [0.5, 0.6) is 0 Å². The van der Waals surface area contributed by atoms with Crippen molar-refractivity contribution in [1.29, 1.82) is 0 Å². The van der Waals surface area contributed by atoms with E-state index in [2.05, 4.69) is 26.1 Å². The topological polar surface area (TPSA) is 39.8 Å². The van der Waals surface area contributed by atoms with Crippen LogP contribution in [0.3, 0.4) is 0 Å². The Hall–Kier alpha value is 1.42. The molecular weight excluding hydrogens is 682 g/mol. The van der Waals surface area contributed by atoms with Gasteiger partial charge in [0.05, 0.1) is 0 Å². The second-order valence-electron chi connectivity index (χ2n) is 3.69. The Kier molecular flexibility index (Phi) is 60.2. The van der Waals surface area contributed by atoms with Gasteiger partial charge in [-0.05, 0) is 64.2 Å². The summed E-state index contributed by atoms with van der Waals surface area (Å²) < 4.78 is 15.0. The second kappa shape index (κ2) is 41.7. The van der Waals surface area contributed by atoms with E-state index in [1.807, 2.05) is 116 Å². The van der Waals surface area contributed by atoms with Gasteiger partial charge in [-0.3, -0.25) is 0 Å². The molecule has 27 heavy (non-hydrogen) atoms. The maximum atomic E-state index is 7.50. The molecule has 4 fully saturated rings. The molecule has 0 saturated heterocycles. The molecule has 0 amide bonds. The van der Waals surface area contributed by atoms with Crippen LogP contribution in [0.4, 0.5) is 0 Å². The van der Waals surface area contributed by atoms with Crippen molar-refractivity contribution < 1.29 is 69.3 Å². The summed E-state index contributed by atoms with van der Waals surface area (Å²) in [7, 11) is 0. The van der Waals surface area contributed by atoms with Gasteiger partial charge in [-0.2, -0.15) is 0 Å². The van der Waals surface area contributed by atoms with Crippen LogP contribution >= 0.6 is 0 Å². The maximum Gasteiger partial charge on any atom is 2.00 e. The second-order valence-corrected chi connectivity index (χ2v) is 3.69. The Morgan fingerprint density at radius 1 is 0.370 bits per heavy atom. The molecule has 0 bridgehead atoms. The van der Waals surface area contributed by atoms with Crippen LogP contribution < -0.4 is 0 Å². The summed E-state index contributed by atoms with van der Waals surface area (Å²) in [4.78, 5) is 0. The van der Waals surface area contributed by atoms with Gasteiger partial charge < -0.3 is 12.8 Å². The molecule has 0 aromatic rings. The zero-order valence-corrected chi connectivity index (χ0v) is 20.7. The first-order chi connectivity index (χ1) is 12.0. The van der Waals surface area contributed by atoms with Gasteiger partial charge in [0, 0.05) is 0 Å². The van der Waals surface area contributed by atoms with Crippen LogP contribution in [-0.4, -0.2) is 0 Å². The van der Waals surface area contributed by atoms with Gasteiger partial charge in [0.2, 0.25) is 0 Å². The predicted molar refractivity (Wildman–Crippen MR) is 91.7 cm³/mol. The zero-order valence-electron chi connectivity index (χ0n) is 14.3. The molecule has 2 nitrogen and oxygen atoms in total. The smallest absolute Gasteiger partial charge is 0.474 e. The van der Waals surface area contributed by atoms with Crippen molar-refractivity contribution in [2.24, 2.45) is 0 Å². The summed E-state index contributed by atoms with van der Waals surface area (Å²) in [6.45, 7) is 9.00. The third kappa shape index (κ3) is 38.6. The fourth-order valence-corrected chi connectivity index (χ4v) is 1.20. The van der Waals surface area contributed by atoms with Crippen LogP contribution in [0.15, 0.2) is 0 Å². The van der Waals surface area contributed by atoms with Crippen LogP contribution in [0, 0.1) is 142 Å². The molecule has 5 heteroatoms. The molecule has 136 valence electrons. The molecule has 0 aromatic carbocycles. The van der Waals surface area contributed by atoms with Crippen LogP contribution in [0.1, 0.15) is 0 Å². The van der Waals surface area contributed by atoms with Gasteiger partial charge in [0.25, 0.3) is 0 Å². The maximum absolute atomic E-state index is 7.50. The van der Waals surface area contributed by atoms with Crippen LogP contribution in [0.25, 0.3) is 0 Å². The Balaban J connectivity index is -0.0000000725. The minimum atomic E-state index is 0. The van der Waals surface area contributed by atoms with Gasteiger partial charge >= 0.3 is 82.6 Å². The van der Waals surface area contributed by atoms with Crippen molar-refractivity contribution >= 4 is 0 Å². The van der Waals surface area contributed by atoms with Gasteiger partial charge in [-0.1, -0.05) is 25.7 Å². The zero-order chi connectivity index (χ0) is 18.1. The molecule has 0 heterocycles. The van der Waals surface area contributed by atoms with E-state index in [4.69, 9.17) is 9.30 Å². The average Bonchev–Trinajstić information content (AvgIpc) is 3.48. The normalized spacial score (nSPS) is 17.9. The average molecular weight is 700 g/mol. The largest absolute Gasteiger partial charge is 2.00 e. The van der Waals surface area contributed by atoms with Gasteiger partial charge in [-0.25, -0.2) is 25.7 Å². The number of hydrogen-bond acceptors (Lipinski definition) is 0. The number of hydrogen-bond donors (Lipinski definition) is 0. The SMILES string of the molecule is [C-]#[O+].[C-]#[O+].[C-]1[CH][CH][CH][CH]1.[C-]1[CH][CH][CH][CH]1.[CH]1[CH][CH][CH][CH]1.[CH]1[CH][CH][CH][CH]1.[Ru+2].[Ru+2].[W+2]. The molecule has 0 spiro atoms. The Labute approximate surface area is 209 Å². The Morgan fingerprint density at radius 3 is 0.593 bits per heavy atom. The molecule has 4 aliphatic carbocycles. The van der Waals surface area contributed by atoms with E-state index in [9.17, 15) is 0 Å². The first-order valence-electron chi connectivity index (χ1n) is 6.90. The standard InChI is InChI=1S/2C5H5.2C5H4.2CO.2Ru.W/c4*1-2-4-5-3-1;2*1-2;;;/h2*1-5H;2*1-4H;;;;;/q;;2*-1;;;3*+2. The van der Waals surface area contributed by atoms with Crippen molar-refractivity contribution in [3.8, 4) is 0 Å². The summed E-state index contributed by atoms with van der Waals surface area (Å²) in [6, 6.07) is 0. The monoisotopic (exact) mass is 702 g/mol. The minimum absolute atomic E-state index is 0. The minimum Gasteiger partial charge on any atom is -0.474 e. The molecular formula is C22H18O2Ru2W+4. The van der Waals surface area contributed by atoms with E-state index in [0.717, 1.165) is 0 Å². The first kappa shape index (κ1) is 39.0. The van der Waals surface area contributed by atoms with E-state index >= 15 is 0 Å². The predicted octanol–water partition coefficient (Wildman–Crippen LogP) is 3.76. The third-order valence-electron chi connectivity index (χ3n) is 2.10. The van der Waals surface area contributed by atoms with E-state index in [1.54, 1.807) is 0 Å². The molecule has 0 aliphatic heterocycles. The number of rotatable bonds is 0. The summed E-state index contributed by atoms with van der Waals surface area (Å²) in [6.07, 6.45) is 41.0. The molecule has 0 aromatic heterocycles.